The number of para-hydroxylation sites is 1. The Morgan fingerprint density at radius 3 is 2.50 bits per heavy atom. The van der Waals surface area contributed by atoms with Gasteiger partial charge < -0.3 is 4.57 Å². The largest absolute Gasteiger partial charge is 0.343 e. The van der Waals surface area contributed by atoms with E-state index in [2.05, 4.69) is 91.0 Å². The van der Waals surface area contributed by atoms with Gasteiger partial charge in [-0.1, -0.05) is 68.3 Å². The average Bonchev–Trinajstić information content (AvgIpc) is 2.96. The molecule has 1 heteroatoms. The van der Waals surface area contributed by atoms with Crippen molar-refractivity contribution in [2.75, 3.05) is 0 Å². The quantitative estimate of drug-likeness (QED) is 0.369. The Morgan fingerprint density at radius 2 is 1.75 bits per heavy atom. The van der Waals surface area contributed by atoms with Gasteiger partial charge >= 0.3 is 0 Å². The average molecular weight is 315 g/mol. The molecule has 0 aliphatic heterocycles. The molecule has 0 amide bonds. The van der Waals surface area contributed by atoms with Gasteiger partial charge in [-0.2, -0.15) is 0 Å². The minimum atomic E-state index is 1.09. The van der Waals surface area contributed by atoms with Crippen molar-refractivity contribution in [2.45, 2.75) is 32.6 Å². The van der Waals surface area contributed by atoms with Crippen molar-refractivity contribution >= 4 is 16.5 Å². The van der Waals surface area contributed by atoms with Crippen LogP contribution in [0.2, 0.25) is 0 Å². The third kappa shape index (κ3) is 3.53. The van der Waals surface area contributed by atoms with Crippen LogP contribution in [-0.4, -0.2) is 4.57 Å². The zero-order valence-corrected chi connectivity index (χ0v) is 14.6. The molecule has 0 fully saturated rings. The molecule has 3 rings (SSSR count). The Kier molecular flexibility index (Phi) is 5.36. The van der Waals surface area contributed by atoms with Crippen molar-refractivity contribution in [1.82, 2.24) is 4.57 Å². The number of nitrogens with zero attached hydrogens (tertiary/aromatic N) is 1. The molecule has 0 saturated carbocycles. The van der Waals surface area contributed by atoms with Crippen molar-refractivity contribution in [3.8, 4) is 0 Å². The van der Waals surface area contributed by atoms with Gasteiger partial charge in [0.2, 0.25) is 0 Å². The highest BCUT2D eigenvalue weighted by Gasteiger charge is 2.11. The van der Waals surface area contributed by atoms with Crippen molar-refractivity contribution in [1.29, 1.82) is 0 Å². The van der Waals surface area contributed by atoms with E-state index in [9.17, 15) is 0 Å². The Balaban J connectivity index is 2.07. The Morgan fingerprint density at radius 1 is 1.00 bits per heavy atom. The predicted molar refractivity (Wildman–Crippen MR) is 104 cm³/mol. The molecule has 0 radical (unpaired) electrons. The zero-order valence-electron chi connectivity index (χ0n) is 14.6. The Hall–Kier alpha value is -2.50. The van der Waals surface area contributed by atoms with E-state index in [0.29, 0.717) is 0 Å². The van der Waals surface area contributed by atoms with E-state index in [0.717, 1.165) is 6.42 Å². The Labute approximate surface area is 144 Å². The van der Waals surface area contributed by atoms with Gasteiger partial charge in [-0.15, -0.1) is 5.73 Å². The molecule has 1 nitrogen and oxygen atoms in total. The molecule has 1 heterocycles. The van der Waals surface area contributed by atoms with E-state index in [1.165, 1.54) is 47.0 Å². The summed E-state index contributed by atoms with van der Waals surface area (Å²) in [6.07, 6.45) is 7.07. The van der Waals surface area contributed by atoms with Gasteiger partial charge in [0.15, 0.2) is 0 Å². The first-order valence-corrected chi connectivity index (χ1v) is 8.86. The summed E-state index contributed by atoms with van der Waals surface area (Å²) in [5.41, 5.74) is 8.45. The second kappa shape index (κ2) is 7.86. The lowest BCUT2D eigenvalue weighted by Gasteiger charge is -2.08. The molecule has 0 aliphatic carbocycles. The maximum atomic E-state index is 3.58. The Bertz CT molecular complexity index is 861. The first kappa shape index (κ1) is 16.4. The number of allylic oxidation sites excluding steroid dienone is 1. The molecule has 0 N–H and O–H groups in total. The fraction of sp³-hybridized carbons (Fsp3) is 0.261. The molecule has 0 spiro atoms. The fourth-order valence-electron chi connectivity index (χ4n) is 3.11. The number of hydrogen-bond acceptors (Lipinski definition) is 0. The number of aryl methyl sites for hydroxylation is 1. The van der Waals surface area contributed by atoms with Gasteiger partial charge in [0.25, 0.3) is 0 Å². The molecule has 0 aliphatic rings. The summed E-state index contributed by atoms with van der Waals surface area (Å²) >= 11 is 0. The minimum absolute atomic E-state index is 1.09. The number of aromatic nitrogens is 1. The second-order valence-corrected chi connectivity index (χ2v) is 6.23. The highest BCUT2D eigenvalue weighted by molar-refractivity contribution is 5.89. The van der Waals surface area contributed by atoms with Crippen molar-refractivity contribution < 1.29 is 0 Å². The van der Waals surface area contributed by atoms with E-state index in [1.807, 2.05) is 0 Å². The number of benzene rings is 2. The molecule has 2 aromatic carbocycles. The van der Waals surface area contributed by atoms with Crippen LogP contribution in [0.4, 0.5) is 0 Å². The summed E-state index contributed by atoms with van der Waals surface area (Å²) in [4.78, 5) is 0. The van der Waals surface area contributed by atoms with Crippen LogP contribution < -0.4 is 0 Å². The molecule has 0 unspecified atom stereocenters. The van der Waals surface area contributed by atoms with Gasteiger partial charge in [-0.25, -0.2) is 0 Å². The van der Waals surface area contributed by atoms with Gasteiger partial charge in [-0.05, 0) is 36.6 Å². The molecule has 24 heavy (non-hydrogen) atoms. The lowest BCUT2D eigenvalue weighted by atomic mass is 10.0. The van der Waals surface area contributed by atoms with E-state index in [-0.39, 0.29) is 0 Å². The first-order valence-electron chi connectivity index (χ1n) is 8.86. The van der Waals surface area contributed by atoms with Crippen molar-refractivity contribution in [3.05, 3.63) is 83.7 Å². The summed E-state index contributed by atoms with van der Waals surface area (Å²) < 4.78 is 2.27. The first-order chi connectivity index (χ1) is 11.8. The van der Waals surface area contributed by atoms with Gasteiger partial charge in [0.05, 0.1) is 5.69 Å². The third-order valence-corrected chi connectivity index (χ3v) is 4.47. The summed E-state index contributed by atoms with van der Waals surface area (Å²) in [6, 6.07) is 21.4. The van der Waals surface area contributed by atoms with E-state index in [4.69, 9.17) is 0 Å². The van der Waals surface area contributed by atoms with Crippen LogP contribution in [0, 0.1) is 0 Å². The summed E-state index contributed by atoms with van der Waals surface area (Å²) in [7, 11) is 2.14. The van der Waals surface area contributed by atoms with E-state index in [1.54, 1.807) is 0 Å². The van der Waals surface area contributed by atoms with Crippen molar-refractivity contribution in [3.63, 3.8) is 0 Å². The van der Waals surface area contributed by atoms with Crippen LogP contribution in [0.5, 0.6) is 0 Å². The second-order valence-electron chi connectivity index (χ2n) is 6.23. The van der Waals surface area contributed by atoms with Crippen LogP contribution in [0.25, 0.3) is 16.5 Å². The highest BCUT2D eigenvalue weighted by atomic mass is 14.9. The number of fused-ring (bicyclic) bond motifs is 1. The molecular formula is C23H25N. The molecule has 0 atom stereocenters. The van der Waals surface area contributed by atoms with Crippen LogP contribution >= 0.6 is 0 Å². The maximum absolute atomic E-state index is 3.58. The van der Waals surface area contributed by atoms with Gasteiger partial charge in [0.1, 0.15) is 0 Å². The highest BCUT2D eigenvalue weighted by Crippen LogP contribution is 2.28. The lowest BCUT2D eigenvalue weighted by molar-refractivity contribution is 0.729. The topological polar surface area (TPSA) is 4.93 Å². The third-order valence-electron chi connectivity index (χ3n) is 4.47. The number of unbranched alkanes of at least 4 members (excludes halogenated alkanes) is 3. The van der Waals surface area contributed by atoms with Crippen molar-refractivity contribution in [2.24, 2.45) is 7.05 Å². The van der Waals surface area contributed by atoms with Gasteiger partial charge in [-0.3, -0.25) is 0 Å². The molecule has 3 aromatic rings. The normalized spacial score (nSPS) is 10.6. The van der Waals surface area contributed by atoms with E-state index >= 15 is 0 Å². The molecule has 0 bridgehead atoms. The lowest BCUT2D eigenvalue weighted by Crippen LogP contribution is -1.96. The molecule has 1 aromatic heterocycles. The molecular weight excluding hydrogens is 290 g/mol. The number of rotatable bonds is 6. The smallest absolute Gasteiger partial charge is 0.0573 e. The summed E-state index contributed by atoms with van der Waals surface area (Å²) in [6.45, 7) is 2.24. The monoisotopic (exact) mass is 315 g/mol. The molecule has 0 saturated heterocycles. The van der Waals surface area contributed by atoms with Crippen LogP contribution in [-0.2, 0) is 7.05 Å². The fourth-order valence-corrected chi connectivity index (χ4v) is 3.11. The van der Waals surface area contributed by atoms with Crippen LogP contribution in [0.3, 0.4) is 0 Å². The standard InChI is InChI=1S/C23H25N/c1-3-4-5-6-10-16-21(19-13-8-7-9-14-19)23-18-20-15-11-12-17-22(20)24(23)2/h7-15,17-18H,3-6H2,1-2H3. The number of hydrogen-bond donors (Lipinski definition) is 0. The maximum Gasteiger partial charge on any atom is 0.0573 e. The summed E-state index contributed by atoms with van der Waals surface area (Å²) in [5.74, 6) is 0. The van der Waals surface area contributed by atoms with E-state index < -0.39 is 0 Å². The van der Waals surface area contributed by atoms with Crippen LogP contribution in [0.1, 0.15) is 43.9 Å². The predicted octanol–water partition coefficient (Wildman–Crippen LogP) is 6.35. The zero-order chi connectivity index (χ0) is 16.8. The molecule has 122 valence electrons. The minimum Gasteiger partial charge on any atom is -0.343 e. The SMILES string of the molecule is CCCCCC=C=C(c1ccccc1)c1cc2ccccc2n1C. The van der Waals surface area contributed by atoms with Gasteiger partial charge in [0, 0.05) is 23.5 Å². The van der Waals surface area contributed by atoms with Crippen LogP contribution in [0.15, 0.2) is 72.5 Å². The summed E-state index contributed by atoms with van der Waals surface area (Å²) in [5, 5.41) is 1.27.